The zero-order valence-corrected chi connectivity index (χ0v) is 10.2. The molecule has 80 valence electrons. The van der Waals surface area contributed by atoms with Gasteiger partial charge < -0.3 is 0 Å². The van der Waals surface area contributed by atoms with Crippen molar-refractivity contribution in [2.45, 2.75) is 25.7 Å². The van der Waals surface area contributed by atoms with E-state index in [0.717, 1.165) is 5.57 Å². The molecule has 1 rings (SSSR count). The first-order chi connectivity index (χ1) is 7.09. The zero-order chi connectivity index (χ0) is 11.3. The Balaban J connectivity index is 2.55. The van der Waals surface area contributed by atoms with Gasteiger partial charge in [0.25, 0.3) is 0 Å². The summed E-state index contributed by atoms with van der Waals surface area (Å²) in [6, 6.07) is 8.13. The van der Waals surface area contributed by atoms with Gasteiger partial charge in [0, 0.05) is 4.90 Å². The fourth-order valence-electron chi connectivity index (χ4n) is 1.23. The van der Waals surface area contributed by atoms with Crippen molar-refractivity contribution in [2.75, 3.05) is 5.75 Å². The molecule has 15 heavy (non-hydrogen) atoms. The molecule has 0 radical (unpaired) electrons. The molecule has 2 heteroatoms. The molecule has 0 aliphatic heterocycles. The SMILES string of the molecule is CC(C)=CC(=O)CSc1ccccc1C. The Labute approximate surface area is 95.6 Å². The number of carbonyl (C=O) groups is 1. The van der Waals surface area contributed by atoms with Crippen LogP contribution in [0.5, 0.6) is 0 Å². The lowest BCUT2D eigenvalue weighted by molar-refractivity contribution is -0.112. The van der Waals surface area contributed by atoms with E-state index in [4.69, 9.17) is 0 Å². The lowest BCUT2D eigenvalue weighted by Gasteiger charge is -2.02. The van der Waals surface area contributed by atoms with Crippen LogP contribution in [0, 0.1) is 6.92 Å². The summed E-state index contributed by atoms with van der Waals surface area (Å²) in [5.74, 6) is 0.707. The van der Waals surface area contributed by atoms with E-state index in [1.54, 1.807) is 17.8 Å². The number of carbonyl (C=O) groups excluding carboxylic acids is 1. The van der Waals surface area contributed by atoms with Crippen LogP contribution in [0.3, 0.4) is 0 Å². The normalized spacial score (nSPS) is 9.80. The smallest absolute Gasteiger partial charge is 0.165 e. The van der Waals surface area contributed by atoms with Crippen LogP contribution < -0.4 is 0 Å². The molecular weight excluding hydrogens is 204 g/mol. The summed E-state index contributed by atoms with van der Waals surface area (Å²) in [4.78, 5) is 12.6. The number of aryl methyl sites for hydroxylation is 1. The fraction of sp³-hybridized carbons (Fsp3) is 0.308. The molecular formula is C13H16OS. The molecule has 0 aromatic heterocycles. The van der Waals surface area contributed by atoms with Crippen LogP contribution in [0.1, 0.15) is 19.4 Å². The van der Waals surface area contributed by atoms with Gasteiger partial charge in [-0.25, -0.2) is 0 Å². The number of ketones is 1. The maximum absolute atomic E-state index is 11.4. The van der Waals surface area contributed by atoms with Crippen LogP contribution in [-0.4, -0.2) is 11.5 Å². The summed E-state index contributed by atoms with van der Waals surface area (Å²) in [7, 11) is 0. The molecule has 0 atom stereocenters. The van der Waals surface area contributed by atoms with Crippen molar-refractivity contribution >= 4 is 17.5 Å². The summed E-state index contributed by atoms with van der Waals surface area (Å²) in [5.41, 5.74) is 2.29. The van der Waals surface area contributed by atoms with E-state index in [-0.39, 0.29) is 5.78 Å². The predicted molar refractivity (Wildman–Crippen MR) is 66.3 cm³/mol. The molecule has 1 aromatic rings. The number of rotatable bonds is 4. The number of hydrogen-bond donors (Lipinski definition) is 0. The van der Waals surface area contributed by atoms with Crippen molar-refractivity contribution < 1.29 is 4.79 Å². The molecule has 0 amide bonds. The molecule has 0 fully saturated rings. The Bertz CT molecular complexity index is 376. The second-order valence-corrected chi connectivity index (χ2v) is 4.76. The summed E-state index contributed by atoms with van der Waals surface area (Å²) < 4.78 is 0. The van der Waals surface area contributed by atoms with E-state index in [0.29, 0.717) is 5.75 Å². The van der Waals surface area contributed by atoms with Crippen molar-refractivity contribution in [3.05, 3.63) is 41.5 Å². The van der Waals surface area contributed by atoms with E-state index >= 15 is 0 Å². The van der Waals surface area contributed by atoms with E-state index in [9.17, 15) is 4.79 Å². The Morgan fingerprint density at radius 2 is 2.00 bits per heavy atom. The number of allylic oxidation sites excluding steroid dienone is 2. The molecule has 1 nitrogen and oxygen atoms in total. The summed E-state index contributed by atoms with van der Waals surface area (Å²) in [6.07, 6.45) is 1.70. The van der Waals surface area contributed by atoms with Crippen molar-refractivity contribution in [3.63, 3.8) is 0 Å². The van der Waals surface area contributed by atoms with Gasteiger partial charge in [-0.3, -0.25) is 4.79 Å². The largest absolute Gasteiger partial charge is 0.294 e. The maximum atomic E-state index is 11.4. The third kappa shape index (κ3) is 4.34. The number of hydrogen-bond acceptors (Lipinski definition) is 2. The summed E-state index contributed by atoms with van der Waals surface area (Å²) in [6.45, 7) is 5.94. The van der Waals surface area contributed by atoms with Gasteiger partial charge in [0.15, 0.2) is 5.78 Å². The Morgan fingerprint density at radius 3 is 2.60 bits per heavy atom. The average Bonchev–Trinajstić information content (AvgIpc) is 2.15. The first kappa shape index (κ1) is 12.1. The lowest BCUT2D eigenvalue weighted by atomic mass is 10.2. The van der Waals surface area contributed by atoms with Crippen LogP contribution >= 0.6 is 11.8 Å². The summed E-state index contributed by atoms with van der Waals surface area (Å²) >= 11 is 1.60. The molecule has 0 N–H and O–H groups in total. The molecule has 0 spiro atoms. The highest BCUT2D eigenvalue weighted by Gasteiger charge is 2.01. The highest BCUT2D eigenvalue weighted by molar-refractivity contribution is 8.00. The minimum atomic E-state index is 0.184. The van der Waals surface area contributed by atoms with Crippen molar-refractivity contribution in [2.24, 2.45) is 0 Å². The Morgan fingerprint density at radius 1 is 1.33 bits per heavy atom. The molecule has 0 aliphatic carbocycles. The zero-order valence-electron chi connectivity index (χ0n) is 9.41. The van der Waals surface area contributed by atoms with Gasteiger partial charge in [0.1, 0.15) is 0 Å². The van der Waals surface area contributed by atoms with Crippen molar-refractivity contribution in [1.29, 1.82) is 0 Å². The minimum absolute atomic E-state index is 0.184. The standard InChI is InChI=1S/C13H16OS/c1-10(2)8-12(14)9-15-13-7-5-4-6-11(13)3/h4-8H,9H2,1-3H3. The van der Waals surface area contributed by atoms with Gasteiger partial charge in [0.2, 0.25) is 0 Å². The maximum Gasteiger partial charge on any atom is 0.165 e. The number of thioether (sulfide) groups is 1. The first-order valence-electron chi connectivity index (χ1n) is 4.96. The topological polar surface area (TPSA) is 17.1 Å². The van der Waals surface area contributed by atoms with E-state index in [1.165, 1.54) is 10.5 Å². The quantitative estimate of drug-likeness (QED) is 0.569. The second-order valence-electron chi connectivity index (χ2n) is 3.74. The van der Waals surface area contributed by atoms with Gasteiger partial charge in [-0.2, -0.15) is 0 Å². The van der Waals surface area contributed by atoms with Crippen LogP contribution in [0.2, 0.25) is 0 Å². The lowest BCUT2D eigenvalue weighted by Crippen LogP contribution is -1.97. The molecule has 0 heterocycles. The van der Waals surface area contributed by atoms with Gasteiger partial charge in [0.05, 0.1) is 5.75 Å². The van der Waals surface area contributed by atoms with Gasteiger partial charge >= 0.3 is 0 Å². The van der Waals surface area contributed by atoms with E-state index < -0.39 is 0 Å². The molecule has 0 aliphatic rings. The first-order valence-corrected chi connectivity index (χ1v) is 5.94. The monoisotopic (exact) mass is 220 g/mol. The van der Waals surface area contributed by atoms with Crippen LogP contribution in [0.15, 0.2) is 40.8 Å². The third-order valence-electron chi connectivity index (χ3n) is 1.91. The van der Waals surface area contributed by atoms with Crippen molar-refractivity contribution in [3.8, 4) is 0 Å². The molecule has 0 unspecified atom stereocenters. The highest BCUT2D eigenvalue weighted by Crippen LogP contribution is 2.21. The molecule has 1 aromatic carbocycles. The second kappa shape index (κ2) is 5.76. The van der Waals surface area contributed by atoms with E-state index in [1.807, 2.05) is 26.0 Å². The van der Waals surface area contributed by atoms with Crippen LogP contribution in [0.4, 0.5) is 0 Å². The molecule has 0 saturated heterocycles. The van der Waals surface area contributed by atoms with Gasteiger partial charge in [-0.1, -0.05) is 23.8 Å². The van der Waals surface area contributed by atoms with Crippen LogP contribution in [0.25, 0.3) is 0 Å². The Hall–Kier alpha value is -1.02. The van der Waals surface area contributed by atoms with Gasteiger partial charge in [-0.15, -0.1) is 11.8 Å². The summed E-state index contributed by atoms with van der Waals surface area (Å²) in [5, 5.41) is 0. The molecule has 0 bridgehead atoms. The van der Waals surface area contributed by atoms with E-state index in [2.05, 4.69) is 19.1 Å². The van der Waals surface area contributed by atoms with Crippen molar-refractivity contribution in [1.82, 2.24) is 0 Å². The fourth-order valence-corrected chi connectivity index (χ4v) is 2.08. The number of benzene rings is 1. The Kier molecular flexibility index (Phi) is 4.63. The minimum Gasteiger partial charge on any atom is -0.294 e. The predicted octanol–water partition coefficient (Wildman–Crippen LogP) is 3.62. The highest BCUT2D eigenvalue weighted by atomic mass is 32.2. The molecule has 0 saturated carbocycles. The third-order valence-corrected chi connectivity index (χ3v) is 3.11. The average molecular weight is 220 g/mol. The van der Waals surface area contributed by atoms with Crippen LogP contribution in [-0.2, 0) is 4.79 Å². The van der Waals surface area contributed by atoms with Gasteiger partial charge in [-0.05, 0) is 38.5 Å².